The third-order valence-corrected chi connectivity index (χ3v) is 4.20. The van der Waals surface area contributed by atoms with Crippen LogP contribution in [0.3, 0.4) is 0 Å². The largest absolute Gasteiger partial charge is 0.487 e. The number of nitrogens with one attached hydrogen (secondary N) is 1. The Morgan fingerprint density at radius 2 is 2.00 bits per heavy atom. The predicted octanol–water partition coefficient (Wildman–Crippen LogP) is 2.78. The number of aromatic nitrogens is 8. The van der Waals surface area contributed by atoms with Crippen LogP contribution < -0.4 is 10.1 Å². The van der Waals surface area contributed by atoms with Crippen LogP contribution in [-0.4, -0.2) is 46.5 Å². The first-order valence-electron chi connectivity index (χ1n) is 8.71. The highest BCUT2D eigenvalue weighted by Gasteiger charge is 2.11. The molecule has 10 nitrogen and oxygen atoms in total. The number of rotatable bonds is 7. The van der Waals surface area contributed by atoms with Crippen molar-refractivity contribution in [3.05, 3.63) is 60.3 Å². The zero-order chi connectivity index (χ0) is 20.1. The number of hydrogen-bond acceptors (Lipinski definition) is 9. The number of benzene rings is 1. The molecule has 0 spiro atoms. The van der Waals surface area contributed by atoms with Crippen LogP contribution in [-0.2, 0) is 6.54 Å². The van der Waals surface area contributed by atoms with Crippen LogP contribution in [0.15, 0.2) is 55.2 Å². The van der Waals surface area contributed by atoms with Crippen molar-refractivity contribution >= 4 is 23.4 Å². The number of anilines is 2. The second-order valence-corrected chi connectivity index (χ2v) is 6.54. The Kier molecular flexibility index (Phi) is 5.52. The highest BCUT2D eigenvalue weighted by atomic mass is 35.5. The molecular weight excluding hydrogens is 394 g/mol. The van der Waals surface area contributed by atoms with Crippen molar-refractivity contribution in [2.45, 2.75) is 19.6 Å². The van der Waals surface area contributed by atoms with Crippen LogP contribution in [0.25, 0.3) is 11.1 Å². The van der Waals surface area contributed by atoms with Gasteiger partial charge in [-0.1, -0.05) is 17.7 Å². The molecule has 0 aliphatic heterocycles. The van der Waals surface area contributed by atoms with Gasteiger partial charge in [-0.2, -0.15) is 5.10 Å². The van der Waals surface area contributed by atoms with E-state index in [9.17, 15) is 0 Å². The van der Waals surface area contributed by atoms with E-state index < -0.39 is 0 Å². The Morgan fingerprint density at radius 1 is 1.14 bits per heavy atom. The Bertz CT molecular complexity index is 1060. The SMILES string of the molecule is CC(Cn1cnnn1)Oc1cc(-c2cnc(Nc3cccnn3)nc2)ccc1Cl. The molecule has 4 rings (SSSR count). The summed E-state index contributed by atoms with van der Waals surface area (Å²) in [7, 11) is 0. The lowest BCUT2D eigenvalue weighted by Gasteiger charge is -2.16. The van der Waals surface area contributed by atoms with E-state index in [0.717, 1.165) is 11.1 Å². The van der Waals surface area contributed by atoms with Crippen LogP contribution in [0.1, 0.15) is 6.92 Å². The summed E-state index contributed by atoms with van der Waals surface area (Å²) in [5, 5.41) is 22.3. The van der Waals surface area contributed by atoms with Gasteiger partial charge in [0.05, 0.1) is 11.6 Å². The zero-order valence-electron chi connectivity index (χ0n) is 15.3. The van der Waals surface area contributed by atoms with Gasteiger partial charge in [-0.05, 0) is 47.2 Å². The van der Waals surface area contributed by atoms with Crippen LogP contribution in [0.4, 0.5) is 11.8 Å². The maximum atomic E-state index is 6.30. The number of nitrogens with zero attached hydrogens (tertiary/aromatic N) is 8. The lowest BCUT2D eigenvalue weighted by atomic mass is 10.1. The summed E-state index contributed by atoms with van der Waals surface area (Å²) < 4.78 is 7.56. The zero-order valence-corrected chi connectivity index (χ0v) is 16.1. The van der Waals surface area contributed by atoms with Crippen molar-refractivity contribution < 1.29 is 4.74 Å². The second kappa shape index (κ2) is 8.57. The molecule has 1 atom stereocenters. The minimum absolute atomic E-state index is 0.180. The van der Waals surface area contributed by atoms with Gasteiger partial charge in [-0.15, -0.1) is 10.2 Å². The van der Waals surface area contributed by atoms with Gasteiger partial charge >= 0.3 is 0 Å². The summed E-state index contributed by atoms with van der Waals surface area (Å²) in [4.78, 5) is 8.65. The Hall–Kier alpha value is -3.66. The molecular formula is C18H16ClN9O. The molecule has 0 fully saturated rings. The van der Waals surface area contributed by atoms with Crippen LogP contribution in [0, 0.1) is 0 Å². The van der Waals surface area contributed by atoms with E-state index >= 15 is 0 Å². The summed E-state index contributed by atoms with van der Waals surface area (Å²) >= 11 is 6.30. The molecule has 1 N–H and O–H groups in total. The molecule has 3 heterocycles. The molecule has 11 heteroatoms. The Morgan fingerprint density at radius 3 is 2.72 bits per heavy atom. The van der Waals surface area contributed by atoms with Gasteiger partial charge < -0.3 is 10.1 Å². The minimum Gasteiger partial charge on any atom is -0.487 e. The van der Waals surface area contributed by atoms with Crippen molar-refractivity contribution in [3.63, 3.8) is 0 Å². The summed E-state index contributed by atoms with van der Waals surface area (Å²) in [6.07, 6.45) is 6.37. The molecule has 0 saturated carbocycles. The van der Waals surface area contributed by atoms with Crippen LogP contribution in [0.2, 0.25) is 5.02 Å². The maximum Gasteiger partial charge on any atom is 0.228 e. The molecule has 0 radical (unpaired) electrons. The summed E-state index contributed by atoms with van der Waals surface area (Å²) in [6.45, 7) is 2.42. The van der Waals surface area contributed by atoms with E-state index in [-0.39, 0.29) is 6.10 Å². The molecule has 0 bridgehead atoms. The van der Waals surface area contributed by atoms with Gasteiger partial charge in [-0.3, -0.25) is 0 Å². The molecule has 0 aliphatic rings. The van der Waals surface area contributed by atoms with Gasteiger partial charge in [-0.25, -0.2) is 14.6 Å². The smallest absolute Gasteiger partial charge is 0.228 e. The number of tetrazole rings is 1. The third kappa shape index (κ3) is 4.79. The highest BCUT2D eigenvalue weighted by molar-refractivity contribution is 6.32. The quantitative estimate of drug-likeness (QED) is 0.491. The van der Waals surface area contributed by atoms with Crippen LogP contribution >= 0.6 is 11.6 Å². The summed E-state index contributed by atoms with van der Waals surface area (Å²) in [5.74, 6) is 1.56. The highest BCUT2D eigenvalue weighted by Crippen LogP contribution is 2.31. The fourth-order valence-corrected chi connectivity index (χ4v) is 2.74. The van der Waals surface area contributed by atoms with Gasteiger partial charge in [0, 0.05) is 24.2 Å². The molecule has 3 aromatic heterocycles. The lowest BCUT2D eigenvalue weighted by Crippen LogP contribution is -2.20. The van der Waals surface area contributed by atoms with Crippen molar-refractivity contribution in [3.8, 4) is 16.9 Å². The number of halogens is 1. The van der Waals surface area contributed by atoms with E-state index in [0.29, 0.717) is 29.1 Å². The second-order valence-electron chi connectivity index (χ2n) is 6.13. The molecule has 4 aromatic rings. The predicted molar refractivity (Wildman–Crippen MR) is 106 cm³/mol. The lowest BCUT2D eigenvalue weighted by molar-refractivity contribution is 0.193. The minimum atomic E-state index is -0.180. The first kappa shape index (κ1) is 18.7. The van der Waals surface area contributed by atoms with Gasteiger partial charge in [0.25, 0.3) is 0 Å². The molecule has 1 aromatic carbocycles. The number of hydrogen-bond donors (Lipinski definition) is 1. The summed E-state index contributed by atoms with van der Waals surface area (Å²) in [6, 6.07) is 9.08. The summed E-state index contributed by atoms with van der Waals surface area (Å²) in [5.41, 5.74) is 1.70. The van der Waals surface area contributed by atoms with Gasteiger partial charge in [0.2, 0.25) is 5.95 Å². The van der Waals surface area contributed by atoms with E-state index in [1.54, 1.807) is 41.5 Å². The van der Waals surface area contributed by atoms with E-state index in [2.05, 4.69) is 41.0 Å². The topological polar surface area (TPSA) is 116 Å². The monoisotopic (exact) mass is 409 g/mol. The fraction of sp³-hybridized carbons (Fsp3) is 0.167. The average molecular weight is 410 g/mol. The third-order valence-electron chi connectivity index (χ3n) is 3.89. The molecule has 0 saturated heterocycles. The molecule has 0 amide bonds. The molecule has 1 unspecified atom stereocenters. The van der Waals surface area contributed by atoms with Gasteiger partial charge in [0.15, 0.2) is 5.82 Å². The average Bonchev–Trinajstić information content (AvgIpc) is 3.24. The van der Waals surface area contributed by atoms with E-state index in [4.69, 9.17) is 16.3 Å². The van der Waals surface area contributed by atoms with Crippen molar-refractivity contribution in [1.29, 1.82) is 0 Å². The maximum absolute atomic E-state index is 6.30. The van der Waals surface area contributed by atoms with Crippen molar-refractivity contribution in [1.82, 2.24) is 40.4 Å². The van der Waals surface area contributed by atoms with Crippen molar-refractivity contribution in [2.75, 3.05) is 5.32 Å². The first-order valence-corrected chi connectivity index (χ1v) is 9.09. The molecule has 29 heavy (non-hydrogen) atoms. The van der Waals surface area contributed by atoms with Crippen molar-refractivity contribution in [2.24, 2.45) is 0 Å². The normalized spacial score (nSPS) is 11.8. The molecule has 0 aliphatic carbocycles. The standard InChI is InChI=1S/C18H16ClN9O/c1-12(10-28-11-23-26-27-28)29-16-7-13(4-5-15(16)19)14-8-20-18(21-9-14)24-17-3-2-6-22-25-17/h2-9,11-12H,10H2,1H3,(H,20,21,24,25). The fourth-order valence-electron chi connectivity index (χ4n) is 2.58. The van der Waals surface area contributed by atoms with Crippen LogP contribution in [0.5, 0.6) is 5.75 Å². The Balaban J connectivity index is 1.47. The first-order chi connectivity index (χ1) is 14.2. The van der Waals surface area contributed by atoms with E-state index in [1.165, 1.54) is 6.33 Å². The van der Waals surface area contributed by atoms with E-state index in [1.807, 2.05) is 19.1 Å². The molecule has 146 valence electrons. The van der Waals surface area contributed by atoms with Gasteiger partial charge in [0.1, 0.15) is 18.2 Å². The number of ether oxygens (including phenoxy) is 1. The Labute approximate surface area is 170 Å².